The van der Waals surface area contributed by atoms with Crippen LogP contribution in [0.15, 0.2) is 24.3 Å². The van der Waals surface area contributed by atoms with Crippen molar-refractivity contribution >= 4 is 0 Å². The van der Waals surface area contributed by atoms with Crippen LogP contribution in [0.3, 0.4) is 0 Å². The average Bonchev–Trinajstić information content (AvgIpc) is 2.26. The summed E-state index contributed by atoms with van der Waals surface area (Å²) in [5.41, 5.74) is 6.16. The fourth-order valence-electron chi connectivity index (χ4n) is 1.22. The van der Waals surface area contributed by atoms with Gasteiger partial charge >= 0.3 is 0 Å². The smallest absolute Gasteiger partial charge is 0.272 e. The standard InChI is InChI=1S/C11H15F2NO2/c1-7(14)11(15)8-2-4-9(5-3-8)16-6-10(12)13/h2-5,7,10-11,15H,6,14H2,1H3. The molecule has 5 heteroatoms. The lowest BCUT2D eigenvalue weighted by Gasteiger charge is -2.15. The van der Waals surface area contributed by atoms with Crippen molar-refractivity contribution in [2.45, 2.75) is 25.5 Å². The van der Waals surface area contributed by atoms with Crippen LogP contribution in [-0.4, -0.2) is 24.2 Å². The monoisotopic (exact) mass is 231 g/mol. The van der Waals surface area contributed by atoms with E-state index in [0.29, 0.717) is 11.3 Å². The summed E-state index contributed by atoms with van der Waals surface area (Å²) >= 11 is 0. The van der Waals surface area contributed by atoms with Crippen molar-refractivity contribution in [3.63, 3.8) is 0 Å². The van der Waals surface area contributed by atoms with Crippen LogP contribution in [0, 0.1) is 0 Å². The Hall–Kier alpha value is -1.20. The molecule has 0 heterocycles. The maximum Gasteiger partial charge on any atom is 0.272 e. The van der Waals surface area contributed by atoms with Crippen LogP contribution < -0.4 is 10.5 Å². The molecule has 16 heavy (non-hydrogen) atoms. The van der Waals surface area contributed by atoms with E-state index in [1.807, 2.05) is 0 Å². The van der Waals surface area contributed by atoms with Gasteiger partial charge in [-0.15, -0.1) is 0 Å². The molecule has 90 valence electrons. The van der Waals surface area contributed by atoms with Gasteiger partial charge < -0.3 is 15.6 Å². The molecule has 0 spiro atoms. The van der Waals surface area contributed by atoms with Crippen molar-refractivity contribution in [1.29, 1.82) is 0 Å². The van der Waals surface area contributed by atoms with Gasteiger partial charge in [-0.1, -0.05) is 12.1 Å². The molecule has 1 aromatic rings. The van der Waals surface area contributed by atoms with Gasteiger partial charge in [0, 0.05) is 6.04 Å². The summed E-state index contributed by atoms with van der Waals surface area (Å²) in [5.74, 6) is 0.348. The zero-order valence-corrected chi connectivity index (χ0v) is 8.94. The van der Waals surface area contributed by atoms with E-state index in [1.54, 1.807) is 19.1 Å². The molecule has 1 aromatic carbocycles. The summed E-state index contributed by atoms with van der Waals surface area (Å²) in [5, 5.41) is 9.62. The Balaban J connectivity index is 2.61. The second kappa shape index (κ2) is 5.77. The number of ether oxygens (including phenoxy) is 1. The van der Waals surface area contributed by atoms with E-state index in [4.69, 9.17) is 10.5 Å². The lowest BCUT2D eigenvalue weighted by Crippen LogP contribution is -2.24. The molecule has 0 saturated heterocycles. The van der Waals surface area contributed by atoms with E-state index < -0.39 is 19.1 Å². The molecule has 0 aliphatic carbocycles. The summed E-state index contributed by atoms with van der Waals surface area (Å²) in [6.45, 7) is 1.06. The van der Waals surface area contributed by atoms with Crippen molar-refractivity contribution in [3.05, 3.63) is 29.8 Å². The van der Waals surface area contributed by atoms with Gasteiger partial charge in [-0.3, -0.25) is 0 Å². The highest BCUT2D eigenvalue weighted by Gasteiger charge is 2.12. The summed E-state index contributed by atoms with van der Waals surface area (Å²) in [6.07, 6.45) is -3.25. The number of hydrogen-bond acceptors (Lipinski definition) is 3. The molecule has 0 radical (unpaired) electrons. The largest absolute Gasteiger partial charge is 0.488 e. The van der Waals surface area contributed by atoms with Crippen LogP contribution in [0.5, 0.6) is 5.75 Å². The van der Waals surface area contributed by atoms with Crippen molar-refractivity contribution < 1.29 is 18.6 Å². The van der Waals surface area contributed by atoms with Crippen LogP contribution in [0.4, 0.5) is 8.78 Å². The SMILES string of the molecule is CC(N)C(O)c1ccc(OCC(F)F)cc1. The fourth-order valence-corrected chi connectivity index (χ4v) is 1.22. The minimum absolute atomic E-state index is 0.348. The molecule has 0 aliphatic rings. The Morgan fingerprint density at radius 2 is 1.88 bits per heavy atom. The minimum atomic E-state index is -2.49. The van der Waals surface area contributed by atoms with Gasteiger partial charge in [0.15, 0.2) is 0 Å². The predicted octanol–water partition coefficient (Wildman–Crippen LogP) is 1.71. The van der Waals surface area contributed by atoms with Crippen molar-refractivity contribution in [1.82, 2.24) is 0 Å². The minimum Gasteiger partial charge on any atom is -0.488 e. The molecule has 2 atom stereocenters. The normalized spacial score (nSPS) is 14.9. The summed E-state index contributed by atoms with van der Waals surface area (Å²) in [7, 11) is 0. The predicted molar refractivity (Wildman–Crippen MR) is 56.6 cm³/mol. The van der Waals surface area contributed by atoms with Crippen LogP contribution in [-0.2, 0) is 0 Å². The van der Waals surface area contributed by atoms with Gasteiger partial charge in [0.25, 0.3) is 6.43 Å². The van der Waals surface area contributed by atoms with Crippen LogP contribution >= 0.6 is 0 Å². The Morgan fingerprint density at radius 3 is 2.31 bits per heavy atom. The molecule has 0 aromatic heterocycles. The number of hydrogen-bond donors (Lipinski definition) is 2. The number of halogens is 2. The van der Waals surface area contributed by atoms with Crippen LogP contribution in [0.1, 0.15) is 18.6 Å². The molecule has 3 N–H and O–H groups in total. The zero-order chi connectivity index (χ0) is 12.1. The van der Waals surface area contributed by atoms with Gasteiger partial charge in [-0.2, -0.15) is 0 Å². The Bertz CT molecular complexity index is 314. The van der Waals surface area contributed by atoms with Gasteiger partial charge in [0.2, 0.25) is 0 Å². The molecule has 0 amide bonds. The first-order chi connectivity index (χ1) is 7.50. The van der Waals surface area contributed by atoms with E-state index in [1.165, 1.54) is 12.1 Å². The Labute approximate surface area is 92.8 Å². The highest BCUT2D eigenvalue weighted by atomic mass is 19.3. The maximum atomic E-state index is 11.9. The maximum absolute atomic E-state index is 11.9. The van der Waals surface area contributed by atoms with Crippen molar-refractivity contribution in [2.24, 2.45) is 5.73 Å². The van der Waals surface area contributed by atoms with Crippen LogP contribution in [0.2, 0.25) is 0 Å². The summed E-state index contributed by atoms with van der Waals surface area (Å²) in [4.78, 5) is 0. The summed E-state index contributed by atoms with van der Waals surface area (Å²) < 4.78 is 28.5. The molecular weight excluding hydrogens is 216 g/mol. The van der Waals surface area contributed by atoms with E-state index in [9.17, 15) is 13.9 Å². The number of aliphatic hydroxyl groups excluding tert-OH is 1. The van der Waals surface area contributed by atoms with Crippen molar-refractivity contribution in [2.75, 3.05) is 6.61 Å². The van der Waals surface area contributed by atoms with Gasteiger partial charge in [0.1, 0.15) is 12.4 Å². The van der Waals surface area contributed by atoms with E-state index >= 15 is 0 Å². The Morgan fingerprint density at radius 1 is 1.31 bits per heavy atom. The first-order valence-electron chi connectivity index (χ1n) is 4.95. The molecule has 1 rings (SSSR count). The van der Waals surface area contributed by atoms with E-state index in [0.717, 1.165) is 0 Å². The lowest BCUT2D eigenvalue weighted by molar-refractivity contribution is 0.0818. The second-order valence-electron chi connectivity index (χ2n) is 3.58. The molecule has 3 nitrogen and oxygen atoms in total. The topological polar surface area (TPSA) is 55.5 Å². The van der Waals surface area contributed by atoms with Gasteiger partial charge in [-0.05, 0) is 24.6 Å². The third-order valence-corrected chi connectivity index (χ3v) is 2.10. The fraction of sp³-hybridized carbons (Fsp3) is 0.455. The van der Waals surface area contributed by atoms with Crippen molar-refractivity contribution in [3.8, 4) is 5.75 Å². The molecule has 0 aliphatic heterocycles. The second-order valence-corrected chi connectivity index (χ2v) is 3.58. The molecule has 0 bridgehead atoms. The highest BCUT2D eigenvalue weighted by Crippen LogP contribution is 2.19. The van der Waals surface area contributed by atoms with Crippen LogP contribution in [0.25, 0.3) is 0 Å². The number of benzene rings is 1. The molecule has 0 saturated carbocycles. The molecule has 2 unspecified atom stereocenters. The summed E-state index contributed by atoms with van der Waals surface area (Å²) in [6, 6.07) is 5.89. The van der Waals surface area contributed by atoms with E-state index in [2.05, 4.69) is 0 Å². The quantitative estimate of drug-likeness (QED) is 0.811. The Kier molecular flexibility index (Phi) is 4.64. The third-order valence-electron chi connectivity index (χ3n) is 2.10. The number of alkyl halides is 2. The number of aliphatic hydroxyl groups is 1. The number of rotatable bonds is 5. The number of nitrogens with two attached hydrogens (primary N) is 1. The molecular formula is C11H15F2NO2. The molecule has 0 fully saturated rings. The van der Waals surface area contributed by atoms with E-state index in [-0.39, 0.29) is 6.04 Å². The zero-order valence-electron chi connectivity index (χ0n) is 8.94. The lowest BCUT2D eigenvalue weighted by atomic mass is 10.0. The first kappa shape index (κ1) is 12.9. The third kappa shape index (κ3) is 3.75. The first-order valence-corrected chi connectivity index (χ1v) is 4.95. The highest BCUT2D eigenvalue weighted by molar-refractivity contribution is 5.29. The average molecular weight is 231 g/mol. The van der Waals surface area contributed by atoms with Gasteiger partial charge in [-0.25, -0.2) is 8.78 Å². The van der Waals surface area contributed by atoms with Gasteiger partial charge in [0.05, 0.1) is 6.10 Å².